The minimum absolute atomic E-state index is 0.0540. The predicted octanol–water partition coefficient (Wildman–Crippen LogP) is 3.73. The van der Waals surface area contributed by atoms with Crippen LogP contribution in [-0.4, -0.2) is 42.1 Å². The molecule has 0 spiro atoms. The van der Waals surface area contributed by atoms with Gasteiger partial charge in [-0.15, -0.1) is 5.10 Å². The first-order valence-corrected chi connectivity index (χ1v) is 12.4. The number of hydrogen-bond acceptors (Lipinski definition) is 6. The van der Waals surface area contributed by atoms with E-state index >= 15 is 0 Å². The first kappa shape index (κ1) is 24.3. The highest BCUT2D eigenvalue weighted by Gasteiger charge is 2.65. The molecule has 3 N–H and O–H groups in total. The fourth-order valence-corrected chi connectivity index (χ4v) is 6.45. The van der Waals surface area contributed by atoms with Crippen LogP contribution in [0.1, 0.15) is 49.6 Å². The Kier molecular flexibility index (Phi) is 5.43. The average Bonchev–Trinajstić information content (AvgIpc) is 3.51. The van der Waals surface area contributed by atoms with Crippen molar-refractivity contribution in [3.63, 3.8) is 0 Å². The van der Waals surface area contributed by atoms with E-state index in [0.717, 1.165) is 35.4 Å². The van der Waals surface area contributed by atoms with Crippen LogP contribution < -0.4 is 5.73 Å². The molecular formula is C28H26F2N6O2. The van der Waals surface area contributed by atoms with Crippen LogP contribution in [0.25, 0.3) is 22.5 Å². The van der Waals surface area contributed by atoms with Crippen LogP contribution in [0.4, 0.5) is 8.78 Å². The van der Waals surface area contributed by atoms with Crippen molar-refractivity contribution in [3.05, 3.63) is 83.4 Å². The summed E-state index contributed by atoms with van der Waals surface area (Å²) in [6.45, 7) is 4.32. The predicted molar refractivity (Wildman–Crippen MR) is 135 cm³/mol. The van der Waals surface area contributed by atoms with Crippen LogP contribution in [0.5, 0.6) is 0 Å². The number of benzene rings is 1. The second kappa shape index (κ2) is 8.49. The standard InChI is InChI=1S/C28H26F2N6O2/c1-27(2)17-9-10-28(27,25-16(17)11-21(34-35-25)24-18(29)5-3-6-19(24)30)23-8-4-7-20(33-23)15-12-32-36(13-15)14-22(37)26(31)38/h3-8,11-13,17,22,37H,9-10,14H2,1-2H3,(H2,31,38)/t17-,22+,28-/m0/s1. The van der Waals surface area contributed by atoms with Crippen LogP contribution >= 0.6 is 0 Å². The smallest absolute Gasteiger partial charge is 0.248 e. The summed E-state index contributed by atoms with van der Waals surface area (Å²) in [4.78, 5) is 16.2. The minimum atomic E-state index is -1.34. The summed E-state index contributed by atoms with van der Waals surface area (Å²) in [5, 5.41) is 22.9. The Bertz CT molecular complexity index is 1570. The van der Waals surface area contributed by atoms with E-state index in [4.69, 9.17) is 10.7 Å². The molecule has 4 aromatic rings. The summed E-state index contributed by atoms with van der Waals surface area (Å²) in [5.41, 5.74) is 8.37. The summed E-state index contributed by atoms with van der Waals surface area (Å²) in [5.74, 6) is -2.03. The van der Waals surface area contributed by atoms with E-state index in [1.54, 1.807) is 18.5 Å². The van der Waals surface area contributed by atoms with E-state index in [-0.39, 0.29) is 29.1 Å². The Hall–Kier alpha value is -4.05. The molecule has 1 aromatic carbocycles. The monoisotopic (exact) mass is 516 g/mol. The van der Waals surface area contributed by atoms with Gasteiger partial charge < -0.3 is 10.8 Å². The number of fused-ring (bicyclic) bond motifs is 5. The third-order valence-electron chi connectivity index (χ3n) is 8.40. The Morgan fingerprint density at radius 2 is 1.89 bits per heavy atom. The molecule has 0 aliphatic heterocycles. The molecule has 0 radical (unpaired) electrons. The van der Waals surface area contributed by atoms with E-state index < -0.39 is 29.1 Å². The third kappa shape index (κ3) is 3.39. The molecule has 2 aliphatic carbocycles. The molecule has 1 amide bonds. The maximum absolute atomic E-state index is 14.5. The van der Waals surface area contributed by atoms with Crippen molar-refractivity contribution in [3.8, 4) is 22.5 Å². The molecule has 1 fully saturated rings. The molecule has 8 nitrogen and oxygen atoms in total. The molecule has 1 saturated carbocycles. The highest BCUT2D eigenvalue weighted by molar-refractivity contribution is 5.78. The van der Waals surface area contributed by atoms with Gasteiger partial charge in [0.25, 0.3) is 0 Å². The number of aromatic nitrogens is 5. The highest BCUT2D eigenvalue weighted by atomic mass is 19.1. The Balaban J connectivity index is 1.42. The van der Waals surface area contributed by atoms with Crippen molar-refractivity contribution in [1.82, 2.24) is 25.0 Å². The largest absolute Gasteiger partial charge is 0.381 e. The van der Waals surface area contributed by atoms with Crippen LogP contribution in [0.15, 0.2) is 54.9 Å². The van der Waals surface area contributed by atoms with Gasteiger partial charge in [0.15, 0.2) is 6.10 Å². The van der Waals surface area contributed by atoms with Crippen LogP contribution in [0.3, 0.4) is 0 Å². The number of carbonyl (C=O) groups is 1. The van der Waals surface area contributed by atoms with E-state index in [9.17, 15) is 18.7 Å². The zero-order valence-corrected chi connectivity index (χ0v) is 20.9. The number of aliphatic hydroxyl groups is 1. The quantitative estimate of drug-likeness (QED) is 0.403. The number of aliphatic hydroxyl groups excluding tert-OH is 1. The normalized spacial score (nSPS) is 21.9. The number of halogens is 2. The van der Waals surface area contributed by atoms with Crippen molar-refractivity contribution >= 4 is 5.91 Å². The number of primary amides is 1. The molecular weight excluding hydrogens is 490 g/mol. The van der Waals surface area contributed by atoms with Gasteiger partial charge in [0, 0.05) is 11.8 Å². The lowest BCUT2D eigenvalue weighted by atomic mass is 9.66. The first-order chi connectivity index (χ1) is 18.1. The third-order valence-corrected chi connectivity index (χ3v) is 8.40. The molecule has 38 heavy (non-hydrogen) atoms. The van der Waals surface area contributed by atoms with Crippen LogP contribution in [-0.2, 0) is 16.8 Å². The van der Waals surface area contributed by atoms with Gasteiger partial charge in [0.2, 0.25) is 5.91 Å². The molecule has 0 unspecified atom stereocenters. The van der Waals surface area contributed by atoms with E-state index in [1.165, 1.54) is 22.9 Å². The van der Waals surface area contributed by atoms with Gasteiger partial charge in [-0.2, -0.15) is 10.2 Å². The first-order valence-electron chi connectivity index (χ1n) is 12.4. The summed E-state index contributed by atoms with van der Waals surface area (Å²) < 4.78 is 30.5. The molecule has 194 valence electrons. The second-order valence-electron chi connectivity index (χ2n) is 10.6. The number of amides is 1. The van der Waals surface area contributed by atoms with Crippen molar-refractivity contribution in [2.75, 3.05) is 0 Å². The molecule has 3 aromatic heterocycles. The van der Waals surface area contributed by atoms with Gasteiger partial charge in [-0.3, -0.25) is 14.5 Å². The van der Waals surface area contributed by atoms with Gasteiger partial charge in [-0.1, -0.05) is 26.0 Å². The number of rotatable bonds is 6. The van der Waals surface area contributed by atoms with E-state index in [1.807, 2.05) is 18.2 Å². The SMILES string of the molecule is CC1(C)[C@H]2CC[C@]1(c1cccc(-c3cnn(C[C@@H](O)C(N)=O)c3)n1)c1nnc(-c3c(F)cccc3F)cc12. The maximum Gasteiger partial charge on any atom is 0.248 e. The number of nitrogens with zero attached hydrogens (tertiary/aromatic N) is 5. The molecule has 2 aliphatic rings. The molecule has 3 atom stereocenters. The molecule has 3 heterocycles. The van der Waals surface area contributed by atoms with Crippen LogP contribution in [0.2, 0.25) is 0 Å². The van der Waals surface area contributed by atoms with Gasteiger partial charge >= 0.3 is 0 Å². The van der Waals surface area contributed by atoms with E-state index in [0.29, 0.717) is 5.69 Å². The van der Waals surface area contributed by atoms with Gasteiger partial charge in [-0.05, 0) is 60.1 Å². The van der Waals surface area contributed by atoms with Crippen molar-refractivity contribution in [2.24, 2.45) is 11.1 Å². The Morgan fingerprint density at radius 1 is 1.16 bits per heavy atom. The number of pyridine rings is 1. The summed E-state index contributed by atoms with van der Waals surface area (Å²) in [6, 6.07) is 11.3. The summed E-state index contributed by atoms with van der Waals surface area (Å²) in [7, 11) is 0. The summed E-state index contributed by atoms with van der Waals surface area (Å²) >= 11 is 0. The number of hydrogen-bond donors (Lipinski definition) is 2. The minimum Gasteiger partial charge on any atom is -0.381 e. The molecule has 2 bridgehead atoms. The average molecular weight is 517 g/mol. The van der Waals surface area contributed by atoms with Gasteiger partial charge in [0.05, 0.1) is 46.5 Å². The highest BCUT2D eigenvalue weighted by Crippen LogP contribution is 2.69. The topological polar surface area (TPSA) is 120 Å². The molecule has 0 saturated heterocycles. The lowest BCUT2D eigenvalue weighted by molar-refractivity contribution is -0.126. The molecule has 6 rings (SSSR count). The van der Waals surface area contributed by atoms with Gasteiger partial charge in [0.1, 0.15) is 11.6 Å². The van der Waals surface area contributed by atoms with Crippen molar-refractivity contribution in [2.45, 2.75) is 50.7 Å². The maximum atomic E-state index is 14.5. The lowest BCUT2D eigenvalue weighted by Crippen LogP contribution is -2.37. The van der Waals surface area contributed by atoms with Crippen molar-refractivity contribution in [1.29, 1.82) is 0 Å². The van der Waals surface area contributed by atoms with Gasteiger partial charge in [-0.25, -0.2) is 8.78 Å². The zero-order chi connectivity index (χ0) is 26.8. The fraction of sp³-hybridized carbons (Fsp3) is 0.321. The number of nitrogens with two attached hydrogens (primary N) is 1. The van der Waals surface area contributed by atoms with Crippen LogP contribution in [0, 0.1) is 17.0 Å². The summed E-state index contributed by atoms with van der Waals surface area (Å²) in [6.07, 6.45) is 3.70. The molecule has 10 heteroatoms. The van der Waals surface area contributed by atoms with E-state index in [2.05, 4.69) is 29.1 Å². The Labute approximate surface area is 217 Å². The fourth-order valence-electron chi connectivity index (χ4n) is 6.45. The zero-order valence-electron chi connectivity index (χ0n) is 20.9. The lowest BCUT2D eigenvalue weighted by Gasteiger charge is -2.37. The second-order valence-corrected chi connectivity index (χ2v) is 10.6. The number of carbonyl (C=O) groups excluding carboxylic acids is 1. The van der Waals surface area contributed by atoms with Crippen molar-refractivity contribution < 1.29 is 18.7 Å². The Morgan fingerprint density at radius 3 is 2.63 bits per heavy atom.